The van der Waals surface area contributed by atoms with Crippen LogP contribution in [0.3, 0.4) is 0 Å². The van der Waals surface area contributed by atoms with Gasteiger partial charge in [0, 0.05) is 0 Å². The normalized spacial score (nSPS) is 14.6. The van der Waals surface area contributed by atoms with Crippen LogP contribution in [0.4, 0.5) is 0 Å². The molecular weight excluding hydrogens is 244 g/mol. The summed E-state index contributed by atoms with van der Waals surface area (Å²) >= 11 is 5.88. The minimum atomic E-state index is -1.07. The predicted molar refractivity (Wildman–Crippen MR) is 62.6 cm³/mol. The molecule has 1 saturated carbocycles. The van der Waals surface area contributed by atoms with Crippen molar-refractivity contribution in [3.8, 4) is 5.75 Å². The van der Waals surface area contributed by atoms with Gasteiger partial charge in [0.15, 0.2) is 12.5 Å². The van der Waals surface area contributed by atoms with Crippen LogP contribution in [0.25, 0.3) is 0 Å². The fourth-order valence-corrected chi connectivity index (χ4v) is 1.65. The first-order valence-corrected chi connectivity index (χ1v) is 5.78. The van der Waals surface area contributed by atoms with Gasteiger partial charge in [-0.15, -0.1) is 0 Å². The van der Waals surface area contributed by atoms with Crippen LogP contribution >= 0.6 is 11.6 Å². The van der Waals surface area contributed by atoms with Crippen molar-refractivity contribution in [1.82, 2.24) is 0 Å². The van der Waals surface area contributed by atoms with E-state index >= 15 is 0 Å². The van der Waals surface area contributed by atoms with Crippen molar-refractivity contribution in [2.24, 2.45) is 5.92 Å². The highest BCUT2D eigenvalue weighted by atomic mass is 35.5. The molecule has 1 aromatic carbocycles. The van der Waals surface area contributed by atoms with Gasteiger partial charge in [-0.05, 0) is 30.9 Å². The van der Waals surface area contributed by atoms with Crippen LogP contribution in [-0.2, 0) is 4.74 Å². The van der Waals surface area contributed by atoms with Gasteiger partial charge in [0.2, 0.25) is 0 Å². The smallest absolute Gasteiger partial charge is 0.339 e. The molecule has 0 bridgehead atoms. The molecule has 0 radical (unpaired) electrons. The Balaban J connectivity index is 1.94. The number of carbonyl (C=O) groups is 1. The van der Waals surface area contributed by atoms with Gasteiger partial charge in [-0.2, -0.15) is 0 Å². The Labute approximate surface area is 104 Å². The van der Waals surface area contributed by atoms with Crippen LogP contribution in [0, 0.1) is 5.92 Å². The number of ether oxygens (including phenoxy) is 2. The number of carboxylic acids is 1. The lowest BCUT2D eigenvalue weighted by atomic mass is 10.2. The highest BCUT2D eigenvalue weighted by Gasteiger charge is 2.21. The summed E-state index contributed by atoms with van der Waals surface area (Å²) < 4.78 is 10.5. The van der Waals surface area contributed by atoms with Crippen molar-refractivity contribution in [1.29, 1.82) is 0 Å². The van der Waals surface area contributed by atoms with Crippen LogP contribution in [0.2, 0.25) is 5.02 Å². The van der Waals surface area contributed by atoms with Gasteiger partial charge in [-0.1, -0.05) is 17.7 Å². The Morgan fingerprint density at radius 2 is 2.24 bits per heavy atom. The van der Waals surface area contributed by atoms with Gasteiger partial charge in [0.1, 0.15) is 5.56 Å². The number of halogens is 1. The van der Waals surface area contributed by atoms with Gasteiger partial charge in [-0.25, -0.2) is 4.79 Å². The third kappa shape index (κ3) is 3.35. The van der Waals surface area contributed by atoms with Crippen molar-refractivity contribution >= 4 is 17.6 Å². The van der Waals surface area contributed by atoms with Crippen LogP contribution in [0.1, 0.15) is 23.2 Å². The summed E-state index contributed by atoms with van der Waals surface area (Å²) in [5, 5.41) is 9.24. The van der Waals surface area contributed by atoms with E-state index in [-0.39, 0.29) is 23.1 Å². The maximum Gasteiger partial charge on any atom is 0.339 e. The molecule has 0 unspecified atom stereocenters. The monoisotopic (exact) mass is 256 g/mol. The third-order valence-corrected chi connectivity index (χ3v) is 2.83. The van der Waals surface area contributed by atoms with Crippen molar-refractivity contribution in [2.75, 3.05) is 13.4 Å². The average molecular weight is 257 g/mol. The number of rotatable bonds is 6. The second-order valence-corrected chi connectivity index (χ2v) is 4.41. The molecule has 0 aromatic heterocycles. The van der Waals surface area contributed by atoms with Gasteiger partial charge in [0.05, 0.1) is 11.6 Å². The maximum absolute atomic E-state index is 10.9. The molecule has 2 rings (SSSR count). The molecule has 1 aliphatic rings. The third-order valence-electron chi connectivity index (χ3n) is 2.53. The molecule has 1 aromatic rings. The van der Waals surface area contributed by atoms with Crippen molar-refractivity contribution in [3.05, 3.63) is 28.8 Å². The number of aromatic carboxylic acids is 1. The molecule has 0 heterocycles. The summed E-state index contributed by atoms with van der Waals surface area (Å²) in [5.41, 5.74) is 0.0486. The molecule has 0 spiro atoms. The van der Waals surface area contributed by atoms with Gasteiger partial charge >= 0.3 is 5.97 Å². The number of carboxylic acid groups (broad SMARTS) is 1. The fourth-order valence-electron chi connectivity index (χ4n) is 1.42. The molecule has 4 nitrogen and oxygen atoms in total. The van der Waals surface area contributed by atoms with E-state index in [0.29, 0.717) is 12.5 Å². The highest BCUT2D eigenvalue weighted by molar-refractivity contribution is 6.32. The summed E-state index contributed by atoms with van der Waals surface area (Å²) in [6.07, 6.45) is 2.40. The molecule has 1 fully saturated rings. The second kappa shape index (κ2) is 5.38. The van der Waals surface area contributed by atoms with E-state index in [1.807, 2.05) is 0 Å². The Bertz CT molecular complexity index is 415. The lowest BCUT2D eigenvalue weighted by molar-refractivity contribution is 0.00925. The summed E-state index contributed by atoms with van der Waals surface area (Å²) in [5.74, 6) is -0.258. The molecule has 5 heteroatoms. The Morgan fingerprint density at radius 3 is 2.88 bits per heavy atom. The quantitative estimate of drug-likeness (QED) is 0.628. The molecule has 0 amide bonds. The Kier molecular flexibility index (Phi) is 3.86. The lowest BCUT2D eigenvalue weighted by Gasteiger charge is -2.10. The number of para-hydroxylation sites is 1. The molecule has 1 N–H and O–H groups in total. The molecule has 0 saturated heterocycles. The standard InChI is InChI=1S/C12H13ClO4/c13-10-3-1-2-9(12(14)15)11(10)17-7-16-6-8-4-5-8/h1-3,8H,4-7H2,(H,14,15). The van der Waals surface area contributed by atoms with E-state index in [1.165, 1.54) is 18.9 Å². The van der Waals surface area contributed by atoms with Gasteiger partial charge < -0.3 is 14.6 Å². The summed E-state index contributed by atoms with van der Waals surface area (Å²) in [4.78, 5) is 10.9. The molecule has 17 heavy (non-hydrogen) atoms. The minimum Gasteiger partial charge on any atom is -0.478 e. The Hall–Kier alpha value is -1.26. The Morgan fingerprint density at radius 1 is 1.47 bits per heavy atom. The topological polar surface area (TPSA) is 55.8 Å². The zero-order chi connectivity index (χ0) is 12.3. The molecule has 1 aliphatic carbocycles. The van der Waals surface area contributed by atoms with Crippen LogP contribution in [-0.4, -0.2) is 24.5 Å². The van der Waals surface area contributed by atoms with Gasteiger partial charge in [-0.3, -0.25) is 0 Å². The van der Waals surface area contributed by atoms with Crippen molar-refractivity contribution in [2.45, 2.75) is 12.8 Å². The summed E-state index contributed by atoms with van der Waals surface area (Å²) in [6.45, 7) is 0.688. The van der Waals surface area contributed by atoms with Crippen LogP contribution < -0.4 is 4.74 Å². The average Bonchev–Trinajstić information content (AvgIpc) is 3.09. The van der Waals surface area contributed by atoms with E-state index in [4.69, 9.17) is 26.2 Å². The SMILES string of the molecule is O=C(O)c1cccc(Cl)c1OCOCC1CC1. The van der Waals surface area contributed by atoms with E-state index in [1.54, 1.807) is 12.1 Å². The van der Waals surface area contributed by atoms with Gasteiger partial charge in [0.25, 0.3) is 0 Å². The first-order valence-electron chi connectivity index (χ1n) is 5.41. The van der Waals surface area contributed by atoms with E-state index < -0.39 is 5.97 Å². The molecule has 92 valence electrons. The maximum atomic E-state index is 10.9. The lowest BCUT2D eigenvalue weighted by Crippen LogP contribution is -2.08. The van der Waals surface area contributed by atoms with E-state index in [9.17, 15) is 4.79 Å². The zero-order valence-electron chi connectivity index (χ0n) is 9.19. The van der Waals surface area contributed by atoms with E-state index in [0.717, 1.165) is 0 Å². The number of hydrogen-bond donors (Lipinski definition) is 1. The molecule has 0 aliphatic heterocycles. The second-order valence-electron chi connectivity index (χ2n) is 4.00. The molecule has 0 atom stereocenters. The highest BCUT2D eigenvalue weighted by Crippen LogP contribution is 2.30. The first kappa shape index (κ1) is 12.2. The van der Waals surface area contributed by atoms with Crippen molar-refractivity contribution in [3.63, 3.8) is 0 Å². The largest absolute Gasteiger partial charge is 0.478 e. The number of benzene rings is 1. The van der Waals surface area contributed by atoms with E-state index in [2.05, 4.69) is 0 Å². The first-order chi connectivity index (χ1) is 8.18. The van der Waals surface area contributed by atoms with Crippen LogP contribution in [0.15, 0.2) is 18.2 Å². The molecular formula is C12H13ClO4. The zero-order valence-corrected chi connectivity index (χ0v) is 9.94. The predicted octanol–water partition coefficient (Wildman–Crippen LogP) is 2.80. The van der Waals surface area contributed by atoms with Crippen molar-refractivity contribution < 1.29 is 19.4 Å². The summed E-state index contributed by atoms with van der Waals surface area (Å²) in [6, 6.07) is 4.61. The minimum absolute atomic E-state index is 0.0283. The van der Waals surface area contributed by atoms with Crippen LogP contribution in [0.5, 0.6) is 5.75 Å². The summed E-state index contributed by atoms with van der Waals surface area (Å²) in [7, 11) is 0. The fraction of sp³-hybridized carbons (Fsp3) is 0.417. The number of hydrogen-bond acceptors (Lipinski definition) is 3.